The Morgan fingerprint density at radius 1 is 1.14 bits per heavy atom. The molecule has 1 aromatic carbocycles. The molecule has 0 radical (unpaired) electrons. The number of rotatable bonds is 4. The molecule has 4 aromatic rings. The zero-order chi connectivity index (χ0) is 18.8. The highest BCUT2D eigenvalue weighted by molar-refractivity contribution is 5.85. The van der Waals surface area contributed by atoms with Crippen molar-refractivity contribution in [2.45, 2.75) is 19.4 Å². The molecule has 0 amide bonds. The molecule has 0 aliphatic rings. The molecular formula is C21H19ClN6. The van der Waals surface area contributed by atoms with Gasteiger partial charge in [0.05, 0.1) is 29.1 Å². The standard InChI is InChI=1S/C21H18N6.ClH/c1-14-8-9-16(12-22)26-18(14)11-17(23)21-20(7-4-10-24-21)27-19-6-3-2-5-15(19)13-25-27;/h2-10,13,17H,11,23H2,1H3;1H. The van der Waals surface area contributed by atoms with Gasteiger partial charge in [0.15, 0.2) is 0 Å². The Morgan fingerprint density at radius 3 is 2.79 bits per heavy atom. The Morgan fingerprint density at radius 2 is 1.96 bits per heavy atom. The molecule has 6 nitrogen and oxygen atoms in total. The van der Waals surface area contributed by atoms with Crippen LogP contribution in [0.4, 0.5) is 0 Å². The molecule has 3 aromatic heterocycles. The highest BCUT2D eigenvalue weighted by Crippen LogP contribution is 2.24. The van der Waals surface area contributed by atoms with Crippen LogP contribution in [0.1, 0.15) is 28.7 Å². The van der Waals surface area contributed by atoms with Crippen LogP contribution in [0.3, 0.4) is 0 Å². The lowest BCUT2D eigenvalue weighted by Gasteiger charge is -2.16. The maximum atomic E-state index is 9.11. The summed E-state index contributed by atoms with van der Waals surface area (Å²) in [5, 5.41) is 14.7. The maximum Gasteiger partial charge on any atom is 0.140 e. The average molecular weight is 391 g/mol. The van der Waals surface area contributed by atoms with Crippen molar-refractivity contribution in [1.29, 1.82) is 5.26 Å². The highest BCUT2D eigenvalue weighted by Gasteiger charge is 2.18. The van der Waals surface area contributed by atoms with E-state index in [0.29, 0.717) is 12.1 Å². The van der Waals surface area contributed by atoms with Gasteiger partial charge in [0.1, 0.15) is 11.8 Å². The Labute approximate surface area is 169 Å². The van der Waals surface area contributed by atoms with Crippen molar-refractivity contribution in [1.82, 2.24) is 19.7 Å². The zero-order valence-corrected chi connectivity index (χ0v) is 16.1. The van der Waals surface area contributed by atoms with Gasteiger partial charge in [0.25, 0.3) is 0 Å². The lowest BCUT2D eigenvalue weighted by molar-refractivity contribution is 0.669. The topological polar surface area (TPSA) is 93.4 Å². The summed E-state index contributed by atoms with van der Waals surface area (Å²) in [4.78, 5) is 8.94. The first-order valence-electron chi connectivity index (χ1n) is 8.67. The second-order valence-electron chi connectivity index (χ2n) is 6.41. The lowest BCUT2D eigenvalue weighted by atomic mass is 10.0. The average Bonchev–Trinajstić information content (AvgIpc) is 3.13. The van der Waals surface area contributed by atoms with E-state index >= 15 is 0 Å². The molecule has 0 fully saturated rings. The number of fused-ring (bicyclic) bond motifs is 1. The van der Waals surface area contributed by atoms with Crippen molar-refractivity contribution in [3.05, 3.63) is 83.6 Å². The number of hydrogen-bond donors (Lipinski definition) is 1. The SMILES string of the molecule is Cc1ccc(C#N)nc1CC(N)c1ncccc1-n1ncc2ccccc21.Cl. The molecule has 0 aliphatic carbocycles. The maximum absolute atomic E-state index is 9.11. The van der Waals surface area contributed by atoms with E-state index in [4.69, 9.17) is 11.0 Å². The second kappa shape index (κ2) is 8.17. The van der Waals surface area contributed by atoms with E-state index in [2.05, 4.69) is 21.1 Å². The number of nitrogens with two attached hydrogens (primary N) is 1. The van der Waals surface area contributed by atoms with Crippen LogP contribution in [0.2, 0.25) is 0 Å². The molecular weight excluding hydrogens is 372 g/mol. The predicted molar refractivity (Wildman–Crippen MR) is 110 cm³/mol. The minimum absolute atomic E-state index is 0. The normalized spacial score (nSPS) is 11.6. The summed E-state index contributed by atoms with van der Waals surface area (Å²) in [6.07, 6.45) is 4.06. The number of halogens is 1. The number of pyridine rings is 2. The van der Waals surface area contributed by atoms with Crippen LogP contribution < -0.4 is 5.73 Å². The van der Waals surface area contributed by atoms with Crippen molar-refractivity contribution >= 4 is 23.3 Å². The minimum atomic E-state index is -0.371. The molecule has 4 rings (SSSR count). The van der Waals surface area contributed by atoms with Gasteiger partial charge < -0.3 is 5.73 Å². The second-order valence-corrected chi connectivity index (χ2v) is 6.41. The van der Waals surface area contributed by atoms with Gasteiger partial charge >= 0.3 is 0 Å². The van der Waals surface area contributed by atoms with Crippen LogP contribution in [0, 0.1) is 18.3 Å². The fourth-order valence-corrected chi connectivity index (χ4v) is 3.18. The summed E-state index contributed by atoms with van der Waals surface area (Å²) in [7, 11) is 0. The largest absolute Gasteiger partial charge is 0.322 e. The first-order chi connectivity index (χ1) is 13.2. The van der Waals surface area contributed by atoms with E-state index in [9.17, 15) is 0 Å². The molecule has 0 bridgehead atoms. The number of benzene rings is 1. The molecule has 0 aliphatic heterocycles. The number of aryl methyl sites for hydroxylation is 1. The van der Waals surface area contributed by atoms with Crippen LogP contribution in [-0.2, 0) is 6.42 Å². The van der Waals surface area contributed by atoms with Crippen LogP contribution >= 0.6 is 12.4 Å². The van der Waals surface area contributed by atoms with E-state index in [1.165, 1.54) is 0 Å². The third-order valence-corrected chi connectivity index (χ3v) is 4.60. The van der Waals surface area contributed by atoms with Crippen molar-refractivity contribution in [3.8, 4) is 11.8 Å². The first kappa shape index (κ1) is 19.5. The quantitative estimate of drug-likeness (QED) is 0.573. The molecule has 3 heterocycles. The van der Waals surface area contributed by atoms with Crippen molar-refractivity contribution in [2.75, 3.05) is 0 Å². The van der Waals surface area contributed by atoms with Gasteiger partial charge in [0, 0.05) is 23.7 Å². The summed E-state index contributed by atoms with van der Waals surface area (Å²) < 4.78 is 1.86. The van der Waals surface area contributed by atoms with E-state index in [1.54, 1.807) is 12.3 Å². The van der Waals surface area contributed by atoms with Gasteiger partial charge in [-0.25, -0.2) is 9.67 Å². The van der Waals surface area contributed by atoms with E-state index < -0.39 is 0 Å². The number of hydrogen-bond acceptors (Lipinski definition) is 5. The molecule has 0 saturated heterocycles. The van der Waals surface area contributed by atoms with Crippen molar-refractivity contribution in [3.63, 3.8) is 0 Å². The highest BCUT2D eigenvalue weighted by atomic mass is 35.5. The van der Waals surface area contributed by atoms with Crippen molar-refractivity contribution in [2.24, 2.45) is 5.73 Å². The van der Waals surface area contributed by atoms with Gasteiger partial charge in [-0.3, -0.25) is 4.98 Å². The van der Waals surface area contributed by atoms with E-state index in [-0.39, 0.29) is 18.4 Å². The number of para-hydroxylation sites is 1. The summed E-state index contributed by atoms with van der Waals surface area (Å²) >= 11 is 0. The van der Waals surface area contributed by atoms with E-state index in [1.807, 2.05) is 60.3 Å². The third kappa shape index (κ3) is 3.58. The molecule has 1 atom stereocenters. The zero-order valence-electron chi connectivity index (χ0n) is 15.3. The van der Waals surface area contributed by atoms with Crippen LogP contribution in [0.15, 0.2) is 60.9 Å². The smallest absolute Gasteiger partial charge is 0.140 e. The van der Waals surface area contributed by atoms with E-state index in [0.717, 1.165) is 33.5 Å². The summed E-state index contributed by atoms with van der Waals surface area (Å²) in [5.74, 6) is 0. The van der Waals surface area contributed by atoms with Gasteiger partial charge in [-0.2, -0.15) is 10.4 Å². The predicted octanol–water partition coefficient (Wildman–Crippen LogP) is 3.66. The van der Waals surface area contributed by atoms with Gasteiger partial charge in [-0.15, -0.1) is 12.4 Å². The number of nitrogens with zero attached hydrogens (tertiary/aromatic N) is 5. The Hall–Kier alpha value is -3.27. The molecule has 0 saturated carbocycles. The Bertz CT molecular complexity index is 1160. The molecule has 140 valence electrons. The van der Waals surface area contributed by atoms with Gasteiger partial charge in [-0.1, -0.05) is 24.3 Å². The first-order valence-corrected chi connectivity index (χ1v) is 8.67. The number of aromatic nitrogens is 4. The van der Waals surface area contributed by atoms with Gasteiger partial charge in [0.2, 0.25) is 0 Å². The Balaban J connectivity index is 0.00000225. The van der Waals surface area contributed by atoms with Crippen molar-refractivity contribution < 1.29 is 0 Å². The fourth-order valence-electron chi connectivity index (χ4n) is 3.18. The van der Waals surface area contributed by atoms with Gasteiger partial charge in [-0.05, 0) is 36.8 Å². The fraction of sp³-hybridized carbons (Fsp3) is 0.143. The minimum Gasteiger partial charge on any atom is -0.322 e. The lowest BCUT2D eigenvalue weighted by Crippen LogP contribution is -2.19. The molecule has 0 spiro atoms. The summed E-state index contributed by atoms with van der Waals surface area (Å²) in [5.41, 5.74) is 11.3. The molecule has 1 unspecified atom stereocenters. The van der Waals surface area contributed by atoms with Crippen LogP contribution in [-0.4, -0.2) is 19.7 Å². The summed E-state index contributed by atoms with van der Waals surface area (Å²) in [6, 6.07) is 17.2. The molecule has 2 N–H and O–H groups in total. The summed E-state index contributed by atoms with van der Waals surface area (Å²) in [6.45, 7) is 1.97. The third-order valence-electron chi connectivity index (χ3n) is 4.60. The van der Waals surface area contributed by atoms with Crippen LogP contribution in [0.5, 0.6) is 0 Å². The van der Waals surface area contributed by atoms with Crippen LogP contribution in [0.25, 0.3) is 16.6 Å². The Kier molecular flexibility index (Phi) is 5.69. The monoisotopic (exact) mass is 390 g/mol. The molecule has 28 heavy (non-hydrogen) atoms. The number of nitriles is 1. The molecule has 7 heteroatoms.